The van der Waals surface area contributed by atoms with Gasteiger partial charge in [0.15, 0.2) is 0 Å². The van der Waals surface area contributed by atoms with Crippen LogP contribution in [0.25, 0.3) is 11.1 Å². The minimum absolute atomic E-state index is 0.0457. The second kappa shape index (κ2) is 10.4. The van der Waals surface area contributed by atoms with Crippen LogP contribution in [0.3, 0.4) is 0 Å². The predicted molar refractivity (Wildman–Crippen MR) is 124 cm³/mol. The SMILES string of the molecule is C#CCN(CC(=O)O)C(=O)C1OCCC1CNC(=O)OCC1c2ccccc2-c2ccccc21. The van der Waals surface area contributed by atoms with Crippen molar-refractivity contribution in [3.63, 3.8) is 0 Å². The number of hydrogen-bond acceptors (Lipinski definition) is 5. The molecule has 2 N–H and O–H groups in total. The fourth-order valence-electron chi connectivity index (χ4n) is 4.64. The summed E-state index contributed by atoms with van der Waals surface area (Å²) in [4.78, 5) is 37.3. The quantitative estimate of drug-likeness (QED) is 0.584. The van der Waals surface area contributed by atoms with Gasteiger partial charge in [-0.3, -0.25) is 9.59 Å². The largest absolute Gasteiger partial charge is 0.480 e. The summed E-state index contributed by atoms with van der Waals surface area (Å²) in [7, 11) is 0. The van der Waals surface area contributed by atoms with Gasteiger partial charge in [-0.2, -0.15) is 0 Å². The highest BCUT2D eigenvalue weighted by Gasteiger charge is 2.37. The van der Waals surface area contributed by atoms with Crippen LogP contribution in [0.15, 0.2) is 48.5 Å². The molecule has 2 aliphatic rings. The summed E-state index contributed by atoms with van der Waals surface area (Å²) in [6.07, 6.45) is 4.38. The summed E-state index contributed by atoms with van der Waals surface area (Å²) in [5, 5.41) is 11.8. The Hall–Kier alpha value is -3.83. The summed E-state index contributed by atoms with van der Waals surface area (Å²) in [6, 6.07) is 16.2. The molecule has 2 aromatic rings. The number of carboxylic acids is 1. The van der Waals surface area contributed by atoms with Crippen molar-refractivity contribution in [1.82, 2.24) is 10.2 Å². The number of carbonyl (C=O) groups excluding carboxylic acids is 2. The van der Waals surface area contributed by atoms with Crippen LogP contribution in [0.5, 0.6) is 0 Å². The number of rotatable bonds is 8. The van der Waals surface area contributed by atoms with Gasteiger partial charge < -0.3 is 24.8 Å². The molecule has 1 saturated heterocycles. The van der Waals surface area contributed by atoms with Crippen molar-refractivity contribution in [3.05, 3.63) is 59.7 Å². The molecule has 0 radical (unpaired) electrons. The Kier molecular flexibility index (Phi) is 7.14. The van der Waals surface area contributed by atoms with Crippen LogP contribution in [0.4, 0.5) is 4.79 Å². The van der Waals surface area contributed by atoms with Crippen molar-refractivity contribution in [1.29, 1.82) is 0 Å². The number of nitrogens with zero attached hydrogens (tertiary/aromatic N) is 1. The molecule has 2 unspecified atom stereocenters. The summed E-state index contributed by atoms with van der Waals surface area (Å²) < 4.78 is 11.1. The Labute approximate surface area is 197 Å². The third-order valence-electron chi connectivity index (χ3n) is 6.23. The molecule has 2 aromatic carbocycles. The lowest BCUT2D eigenvalue weighted by Crippen LogP contribution is -2.46. The van der Waals surface area contributed by atoms with E-state index >= 15 is 0 Å². The van der Waals surface area contributed by atoms with Crippen molar-refractivity contribution in [2.24, 2.45) is 5.92 Å². The molecule has 1 aliphatic heterocycles. The van der Waals surface area contributed by atoms with Gasteiger partial charge in [0.25, 0.3) is 5.91 Å². The lowest BCUT2D eigenvalue weighted by Gasteiger charge is -2.25. The Morgan fingerprint density at radius 2 is 1.76 bits per heavy atom. The summed E-state index contributed by atoms with van der Waals surface area (Å²) >= 11 is 0. The first-order valence-electron chi connectivity index (χ1n) is 11.1. The molecular weight excluding hydrogens is 436 g/mol. The molecule has 0 saturated carbocycles. The zero-order valence-electron chi connectivity index (χ0n) is 18.6. The Morgan fingerprint density at radius 3 is 2.38 bits per heavy atom. The molecule has 8 nitrogen and oxygen atoms in total. The molecule has 4 rings (SSSR count). The van der Waals surface area contributed by atoms with Crippen molar-refractivity contribution in [2.45, 2.75) is 18.4 Å². The number of benzene rings is 2. The van der Waals surface area contributed by atoms with E-state index in [0.29, 0.717) is 13.0 Å². The Morgan fingerprint density at radius 1 is 1.12 bits per heavy atom. The van der Waals surface area contributed by atoms with E-state index in [1.54, 1.807) is 0 Å². The maximum Gasteiger partial charge on any atom is 0.407 e. The molecule has 0 spiro atoms. The molecule has 34 heavy (non-hydrogen) atoms. The first-order valence-corrected chi connectivity index (χ1v) is 11.1. The minimum Gasteiger partial charge on any atom is -0.480 e. The number of fused-ring (bicyclic) bond motifs is 3. The number of aliphatic carboxylic acids is 1. The minimum atomic E-state index is -1.16. The molecular formula is C26H26N2O6. The van der Waals surface area contributed by atoms with Crippen molar-refractivity contribution in [3.8, 4) is 23.5 Å². The smallest absolute Gasteiger partial charge is 0.407 e. The number of alkyl carbamates (subject to hydrolysis) is 1. The maximum absolute atomic E-state index is 12.8. The number of carboxylic acid groups (broad SMARTS) is 1. The molecule has 1 fully saturated rings. The van der Waals surface area contributed by atoms with Gasteiger partial charge in [-0.15, -0.1) is 6.42 Å². The van der Waals surface area contributed by atoms with E-state index < -0.39 is 30.6 Å². The van der Waals surface area contributed by atoms with E-state index in [9.17, 15) is 14.4 Å². The van der Waals surface area contributed by atoms with Gasteiger partial charge in [0, 0.05) is 25.0 Å². The average molecular weight is 463 g/mol. The van der Waals surface area contributed by atoms with Gasteiger partial charge in [-0.25, -0.2) is 4.79 Å². The van der Waals surface area contributed by atoms with Gasteiger partial charge in [-0.05, 0) is 28.7 Å². The zero-order valence-corrected chi connectivity index (χ0v) is 18.6. The van der Waals surface area contributed by atoms with Crippen LogP contribution < -0.4 is 5.32 Å². The van der Waals surface area contributed by atoms with Crippen molar-refractivity contribution in [2.75, 3.05) is 32.8 Å². The highest BCUT2D eigenvalue weighted by Crippen LogP contribution is 2.44. The molecule has 176 valence electrons. The highest BCUT2D eigenvalue weighted by atomic mass is 16.5. The Bertz CT molecular complexity index is 1080. The van der Waals surface area contributed by atoms with Crippen molar-refractivity contribution >= 4 is 18.0 Å². The zero-order chi connectivity index (χ0) is 24.1. The number of carbonyl (C=O) groups is 3. The lowest BCUT2D eigenvalue weighted by atomic mass is 9.98. The van der Waals surface area contributed by atoms with Crippen LogP contribution in [-0.2, 0) is 19.1 Å². The fraction of sp³-hybridized carbons (Fsp3) is 0.346. The number of terminal acetylenes is 1. The topological polar surface area (TPSA) is 105 Å². The van der Waals surface area contributed by atoms with E-state index in [1.165, 1.54) is 0 Å². The van der Waals surface area contributed by atoms with Crippen LogP contribution >= 0.6 is 0 Å². The molecule has 1 heterocycles. The van der Waals surface area contributed by atoms with Gasteiger partial charge in [0.1, 0.15) is 19.3 Å². The van der Waals surface area contributed by atoms with Gasteiger partial charge in [0.2, 0.25) is 0 Å². The summed E-state index contributed by atoms with van der Waals surface area (Å²) in [5.41, 5.74) is 4.54. The van der Waals surface area contributed by atoms with E-state index in [4.69, 9.17) is 21.0 Å². The first-order chi connectivity index (χ1) is 16.5. The van der Waals surface area contributed by atoms with E-state index in [0.717, 1.165) is 27.2 Å². The average Bonchev–Trinajstić information content (AvgIpc) is 3.43. The monoisotopic (exact) mass is 462 g/mol. The van der Waals surface area contributed by atoms with E-state index in [2.05, 4.69) is 23.4 Å². The first kappa shape index (κ1) is 23.3. The fourth-order valence-corrected chi connectivity index (χ4v) is 4.64. The van der Waals surface area contributed by atoms with Gasteiger partial charge >= 0.3 is 12.1 Å². The van der Waals surface area contributed by atoms with Gasteiger partial charge in [-0.1, -0.05) is 54.5 Å². The van der Waals surface area contributed by atoms with Gasteiger partial charge in [0.05, 0.1) is 6.54 Å². The Balaban J connectivity index is 1.33. The standard InChI is InChI=1S/C26H26N2O6/c1-2-12-28(15-23(29)30)25(31)24-17(11-13-33-24)14-27-26(32)34-16-22-20-9-5-3-7-18(20)19-8-4-6-10-21(19)22/h1,3-10,17,22,24H,11-16H2,(H,27,32)(H,29,30). The number of amides is 2. The van der Waals surface area contributed by atoms with E-state index in [-0.39, 0.29) is 31.5 Å². The number of nitrogens with one attached hydrogen (secondary N) is 1. The molecule has 2 atom stereocenters. The van der Waals surface area contributed by atoms with Crippen LogP contribution in [0.2, 0.25) is 0 Å². The second-order valence-corrected chi connectivity index (χ2v) is 8.34. The molecule has 8 heteroatoms. The summed E-state index contributed by atoms with van der Waals surface area (Å²) in [6.45, 7) is 0.0688. The maximum atomic E-state index is 12.8. The van der Waals surface area contributed by atoms with Crippen molar-refractivity contribution < 1.29 is 29.0 Å². The number of ether oxygens (including phenoxy) is 2. The molecule has 0 bridgehead atoms. The van der Waals surface area contributed by atoms with Crippen LogP contribution in [0, 0.1) is 18.3 Å². The molecule has 2 amide bonds. The third-order valence-corrected chi connectivity index (χ3v) is 6.23. The van der Waals surface area contributed by atoms with Crippen LogP contribution in [-0.4, -0.2) is 66.9 Å². The second-order valence-electron chi connectivity index (χ2n) is 8.34. The number of hydrogen-bond donors (Lipinski definition) is 2. The molecule has 1 aliphatic carbocycles. The third kappa shape index (κ3) is 4.90. The lowest BCUT2D eigenvalue weighted by molar-refractivity contribution is -0.149. The normalized spacial score (nSPS) is 18.4. The predicted octanol–water partition coefficient (Wildman–Crippen LogP) is 2.48. The molecule has 0 aromatic heterocycles. The van der Waals surface area contributed by atoms with E-state index in [1.807, 2.05) is 36.4 Å². The summed E-state index contributed by atoms with van der Waals surface area (Å²) in [5.74, 6) is 0.301. The van der Waals surface area contributed by atoms with Crippen LogP contribution in [0.1, 0.15) is 23.5 Å². The highest BCUT2D eigenvalue weighted by molar-refractivity contribution is 5.85.